The van der Waals surface area contributed by atoms with Gasteiger partial charge in [0.25, 0.3) is 0 Å². The molecule has 1 heterocycles. The van der Waals surface area contributed by atoms with Crippen molar-refractivity contribution in [2.45, 2.75) is 37.4 Å². The molecule has 1 amide bonds. The molecular formula is C25H21ClF4N2O3S. The largest absolute Gasteiger partial charge is 0.416 e. The summed E-state index contributed by atoms with van der Waals surface area (Å²) in [5, 5.41) is 2.99. The van der Waals surface area contributed by atoms with Crippen LogP contribution >= 0.6 is 11.6 Å². The van der Waals surface area contributed by atoms with E-state index in [0.717, 1.165) is 24.3 Å². The van der Waals surface area contributed by atoms with Gasteiger partial charge in [-0.05, 0) is 72.0 Å². The average molecular weight is 541 g/mol. The molecule has 0 saturated heterocycles. The van der Waals surface area contributed by atoms with Crippen molar-refractivity contribution in [2.75, 3.05) is 11.9 Å². The molecule has 0 aromatic heterocycles. The first-order valence-electron chi connectivity index (χ1n) is 10.9. The number of hydrogen-bond acceptors (Lipinski definition) is 3. The number of aryl methyl sites for hydroxylation is 1. The molecule has 4 rings (SSSR count). The Morgan fingerprint density at radius 1 is 1.08 bits per heavy atom. The molecule has 0 spiro atoms. The number of benzene rings is 3. The van der Waals surface area contributed by atoms with Crippen LogP contribution in [0, 0.1) is 12.7 Å². The summed E-state index contributed by atoms with van der Waals surface area (Å²) in [6, 6.07) is 11.0. The van der Waals surface area contributed by atoms with Gasteiger partial charge in [0.1, 0.15) is 5.82 Å². The molecule has 11 heteroatoms. The molecule has 0 bridgehead atoms. The fourth-order valence-electron chi connectivity index (χ4n) is 4.16. The summed E-state index contributed by atoms with van der Waals surface area (Å²) < 4.78 is 79.4. The maximum atomic E-state index is 13.5. The van der Waals surface area contributed by atoms with Crippen LogP contribution in [-0.4, -0.2) is 25.2 Å². The lowest BCUT2D eigenvalue weighted by atomic mass is 9.98. The first-order valence-corrected chi connectivity index (χ1v) is 12.7. The summed E-state index contributed by atoms with van der Waals surface area (Å²) in [4.78, 5) is 12.7. The highest BCUT2D eigenvalue weighted by Gasteiger charge is 2.32. The lowest BCUT2D eigenvalue weighted by molar-refractivity contribution is -0.137. The number of sulfonamides is 1. The van der Waals surface area contributed by atoms with E-state index in [4.69, 9.17) is 11.6 Å². The van der Waals surface area contributed by atoms with Crippen molar-refractivity contribution in [3.8, 4) is 0 Å². The predicted molar refractivity (Wildman–Crippen MR) is 128 cm³/mol. The van der Waals surface area contributed by atoms with Gasteiger partial charge in [-0.15, -0.1) is 0 Å². The Bertz CT molecular complexity index is 1420. The number of fused-ring (bicyclic) bond motifs is 1. The highest BCUT2D eigenvalue weighted by Crippen LogP contribution is 2.35. The van der Waals surface area contributed by atoms with E-state index in [0.29, 0.717) is 27.9 Å². The zero-order chi connectivity index (χ0) is 26.3. The van der Waals surface area contributed by atoms with Crippen molar-refractivity contribution < 1.29 is 30.8 Å². The second-order valence-corrected chi connectivity index (χ2v) is 10.8. The lowest BCUT2D eigenvalue weighted by Crippen LogP contribution is -2.36. The highest BCUT2D eigenvalue weighted by atomic mass is 35.5. The van der Waals surface area contributed by atoms with Crippen molar-refractivity contribution >= 4 is 33.2 Å². The maximum Gasteiger partial charge on any atom is 0.416 e. The first kappa shape index (κ1) is 26.1. The summed E-state index contributed by atoms with van der Waals surface area (Å²) in [7, 11) is -3.89. The number of hydrogen-bond donors (Lipinski definition) is 1. The van der Waals surface area contributed by atoms with E-state index in [-0.39, 0.29) is 35.8 Å². The van der Waals surface area contributed by atoms with Crippen LogP contribution in [0.3, 0.4) is 0 Å². The van der Waals surface area contributed by atoms with Gasteiger partial charge in [-0.3, -0.25) is 4.79 Å². The Morgan fingerprint density at radius 3 is 2.42 bits per heavy atom. The van der Waals surface area contributed by atoms with Gasteiger partial charge in [0, 0.05) is 13.1 Å². The molecule has 3 aromatic rings. The molecule has 190 valence electrons. The van der Waals surface area contributed by atoms with Gasteiger partial charge in [-0.1, -0.05) is 29.8 Å². The number of carbonyl (C=O) groups is 1. The summed E-state index contributed by atoms with van der Waals surface area (Å²) in [6.45, 7) is 1.68. The molecule has 0 aliphatic carbocycles. The molecule has 1 aliphatic heterocycles. The Balaban J connectivity index is 1.52. The molecule has 3 aromatic carbocycles. The Labute approximate surface area is 210 Å². The number of alkyl halides is 3. The van der Waals surface area contributed by atoms with Crippen LogP contribution in [-0.2, 0) is 40.4 Å². The minimum absolute atomic E-state index is 0.0198. The molecule has 0 atom stereocenters. The SMILES string of the molecule is Cc1cc(F)ccc1S(=O)(=O)N1CCc2c(ccc(Cl)c2NC(=O)Cc2ccc(C(F)(F)F)cc2)C1. The molecule has 36 heavy (non-hydrogen) atoms. The third-order valence-electron chi connectivity index (χ3n) is 5.98. The summed E-state index contributed by atoms with van der Waals surface area (Å²) >= 11 is 6.33. The molecule has 1 N–H and O–H groups in total. The molecular weight excluding hydrogens is 520 g/mol. The standard InChI is InChI=1S/C25H21ClF4N2O3S/c1-15-12-19(27)7-9-22(15)36(34,35)32-11-10-20-17(14-32)4-8-21(26)24(20)31-23(33)13-16-2-5-18(6-3-16)25(28,29)30/h2-9,12H,10-11,13-14H2,1H3,(H,31,33). The summed E-state index contributed by atoms with van der Waals surface area (Å²) in [5.41, 5.74) is 1.58. The third kappa shape index (κ3) is 5.40. The third-order valence-corrected chi connectivity index (χ3v) is 8.30. The topological polar surface area (TPSA) is 66.5 Å². The van der Waals surface area contributed by atoms with E-state index < -0.39 is 33.5 Å². The van der Waals surface area contributed by atoms with Crippen LogP contribution in [0.5, 0.6) is 0 Å². The van der Waals surface area contributed by atoms with Gasteiger partial charge in [0.2, 0.25) is 15.9 Å². The van der Waals surface area contributed by atoms with E-state index in [2.05, 4.69) is 5.32 Å². The van der Waals surface area contributed by atoms with Gasteiger partial charge in [0.15, 0.2) is 0 Å². The van der Waals surface area contributed by atoms with Gasteiger partial charge < -0.3 is 5.32 Å². The van der Waals surface area contributed by atoms with E-state index in [1.165, 1.54) is 29.4 Å². The molecule has 0 unspecified atom stereocenters. The van der Waals surface area contributed by atoms with Crippen molar-refractivity contribution in [2.24, 2.45) is 0 Å². The smallest absolute Gasteiger partial charge is 0.324 e. The molecule has 1 aliphatic rings. The van der Waals surface area contributed by atoms with Crippen LogP contribution in [0.15, 0.2) is 59.5 Å². The quantitative estimate of drug-likeness (QED) is 0.420. The minimum atomic E-state index is -4.46. The fourth-order valence-corrected chi connectivity index (χ4v) is 6.01. The van der Waals surface area contributed by atoms with Crippen molar-refractivity contribution in [1.29, 1.82) is 0 Å². The van der Waals surface area contributed by atoms with Gasteiger partial charge in [0.05, 0.1) is 27.6 Å². The number of nitrogens with one attached hydrogen (secondary N) is 1. The molecule has 0 radical (unpaired) electrons. The van der Waals surface area contributed by atoms with Crippen LogP contribution < -0.4 is 5.32 Å². The van der Waals surface area contributed by atoms with Crippen LogP contribution in [0.25, 0.3) is 0 Å². The monoisotopic (exact) mass is 540 g/mol. The van der Waals surface area contributed by atoms with Gasteiger partial charge >= 0.3 is 6.18 Å². The molecule has 5 nitrogen and oxygen atoms in total. The number of rotatable bonds is 5. The van der Waals surface area contributed by atoms with Crippen molar-refractivity contribution in [3.05, 3.63) is 93.3 Å². The van der Waals surface area contributed by atoms with Crippen molar-refractivity contribution in [1.82, 2.24) is 4.31 Å². The maximum absolute atomic E-state index is 13.5. The fraction of sp³-hybridized carbons (Fsp3) is 0.240. The van der Waals surface area contributed by atoms with Crippen LogP contribution in [0.2, 0.25) is 5.02 Å². The number of halogens is 5. The van der Waals surface area contributed by atoms with E-state index in [1.54, 1.807) is 12.1 Å². The van der Waals surface area contributed by atoms with E-state index in [1.807, 2.05) is 0 Å². The minimum Gasteiger partial charge on any atom is -0.324 e. The van der Waals surface area contributed by atoms with Gasteiger partial charge in [-0.25, -0.2) is 12.8 Å². The van der Waals surface area contributed by atoms with E-state index >= 15 is 0 Å². The van der Waals surface area contributed by atoms with Gasteiger partial charge in [-0.2, -0.15) is 17.5 Å². The Hall–Kier alpha value is -2.95. The predicted octanol–water partition coefficient (Wildman–Crippen LogP) is 5.73. The normalized spacial score (nSPS) is 14.4. The second kappa shape index (κ2) is 9.84. The molecule has 0 fully saturated rings. The Morgan fingerprint density at radius 2 is 1.78 bits per heavy atom. The number of anilines is 1. The van der Waals surface area contributed by atoms with Crippen LogP contribution in [0.4, 0.5) is 23.2 Å². The second-order valence-electron chi connectivity index (χ2n) is 8.48. The van der Waals surface area contributed by atoms with Crippen molar-refractivity contribution in [3.63, 3.8) is 0 Å². The molecule has 0 saturated carbocycles. The summed E-state index contributed by atoms with van der Waals surface area (Å²) in [6.07, 6.45) is -4.36. The zero-order valence-electron chi connectivity index (χ0n) is 19.0. The number of nitrogens with zero attached hydrogens (tertiary/aromatic N) is 1. The average Bonchev–Trinajstić information content (AvgIpc) is 2.80. The van der Waals surface area contributed by atoms with Crippen LogP contribution in [0.1, 0.15) is 27.8 Å². The Kier molecular flexibility index (Phi) is 7.14. The summed E-state index contributed by atoms with van der Waals surface area (Å²) in [5.74, 6) is -0.996. The number of amides is 1. The van der Waals surface area contributed by atoms with E-state index in [9.17, 15) is 30.8 Å². The highest BCUT2D eigenvalue weighted by molar-refractivity contribution is 7.89. The zero-order valence-corrected chi connectivity index (χ0v) is 20.6. The lowest BCUT2D eigenvalue weighted by Gasteiger charge is -2.30. The number of carbonyl (C=O) groups excluding carboxylic acids is 1. The first-order chi connectivity index (χ1) is 16.9.